The van der Waals surface area contributed by atoms with Crippen molar-refractivity contribution in [1.82, 2.24) is 0 Å². The van der Waals surface area contributed by atoms with Crippen molar-refractivity contribution in [1.29, 1.82) is 0 Å². The molecule has 0 aromatic heterocycles. The highest BCUT2D eigenvalue weighted by molar-refractivity contribution is 8.13. The Labute approximate surface area is 172 Å². The number of hydrogen-bond acceptors (Lipinski definition) is 4. The van der Waals surface area contributed by atoms with E-state index in [1.807, 2.05) is 54.6 Å². The minimum Gasteiger partial charge on any atom is -0.486 e. The van der Waals surface area contributed by atoms with E-state index in [2.05, 4.69) is 10.2 Å². The number of rotatable bonds is 7. The molecule has 0 aliphatic carbocycles. The van der Waals surface area contributed by atoms with Crippen LogP contribution in [0.4, 0.5) is 8.78 Å². The van der Waals surface area contributed by atoms with Gasteiger partial charge in [0.2, 0.25) is 0 Å². The number of halogens is 2. The van der Waals surface area contributed by atoms with Crippen LogP contribution in [-0.2, 0) is 12.4 Å². The largest absolute Gasteiger partial charge is 0.486 e. The SMILES string of the molecule is NC(=NN=Cc1ccc(COc2cc(F)ccc2F)cc1)SCc1ccccc1. The monoisotopic (exact) mass is 411 g/mol. The van der Waals surface area contributed by atoms with E-state index in [4.69, 9.17) is 10.5 Å². The van der Waals surface area contributed by atoms with Crippen LogP contribution in [0.25, 0.3) is 0 Å². The van der Waals surface area contributed by atoms with Crippen molar-refractivity contribution in [3.63, 3.8) is 0 Å². The van der Waals surface area contributed by atoms with Crippen molar-refractivity contribution >= 4 is 23.1 Å². The number of ether oxygens (including phenoxy) is 1. The van der Waals surface area contributed by atoms with Gasteiger partial charge < -0.3 is 10.5 Å². The minimum absolute atomic E-state index is 0.117. The predicted octanol–water partition coefficient (Wildman–Crippen LogP) is 5.13. The fourth-order valence-electron chi connectivity index (χ4n) is 2.36. The van der Waals surface area contributed by atoms with Gasteiger partial charge in [-0.2, -0.15) is 5.10 Å². The van der Waals surface area contributed by atoms with Gasteiger partial charge in [0.15, 0.2) is 16.7 Å². The molecule has 0 heterocycles. The maximum atomic E-state index is 13.6. The Bertz CT molecular complexity index is 993. The Kier molecular flexibility index (Phi) is 7.35. The van der Waals surface area contributed by atoms with Crippen LogP contribution in [0.5, 0.6) is 5.75 Å². The molecule has 3 aromatic rings. The first kappa shape index (κ1) is 20.5. The highest BCUT2D eigenvalue weighted by Crippen LogP contribution is 2.19. The molecule has 0 spiro atoms. The third kappa shape index (κ3) is 6.73. The third-order valence-corrected chi connectivity index (χ3v) is 4.72. The van der Waals surface area contributed by atoms with Gasteiger partial charge in [0, 0.05) is 11.8 Å². The summed E-state index contributed by atoms with van der Waals surface area (Å²) in [6.07, 6.45) is 1.59. The van der Waals surface area contributed by atoms with E-state index >= 15 is 0 Å². The van der Waals surface area contributed by atoms with Gasteiger partial charge in [-0.25, -0.2) is 8.78 Å². The van der Waals surface area contributed by atoms with Crippen LogP contribution in [0.15, 0.2) is 83.0 Å². The molecule has 0 aliphatic heterocycles. The molecule has 0 aliphatic rings. The van der Waals surface area contributed by atoms with Crippen molar-refractivity contribution in [3.8, 4) is 5.75 Å². The Morgan fingerprint density at radius 3 is 2.48 bits per heavy atom. The number of nitrogens with zero attached hydrogens (tertiary/aromatic N) is 2. The average molecular weight is 411 g/mol. The topological polar surface area (TPSA) is 60.0 Å². The fourth-order valence-corrected chi connectivity index (χ4v) is 2.97. The second-order valence-electron chi connectivity index (χ2n) is 6.06. The van der Waals surface area contributed by atoms with Crippen LogP contribution in [0.3, 0.4) is 0 Å². The molecule has 0 radical (unpaired) electrons. The first-order chi connectivity index (χ1) is 14.1. The van der Waals surface area contributed by atoms with Gasteiger partial charge in [-0.15, -0.1) is 5.10 Å². The molecular weight excluding hydrogens is 392 g/mol. The second-order valence-corrected chi connectivity index (χ2v) is 7.06. The molecule has 0 amide bonds. The number of benzene rings is 3. The summed E-state index contributed by atoms with van der Waals surface area (Å²) in [4.78, 5) is 0. The lowest BCUT2D eigenvalue weighted by molar-refractivity contribution is 0.288. The van der Waals surface area contributed by atoms with Crippen molar-refractivity contribution in [3.05, 3.63) is 101 Å². The summed E-state index contributed by atoms with van der Waals surface area (Å²) in [5, 5.41) is 8.35. The van der Waals surface area contributed by atoms with Gasteiger partial charge >= 0.3 is 0 Å². The van der Waals surface area contributed by atoms with E-state index in [0.717, 1.165) is 40.6 Å². The number of nitrogens with two attached hydrogens (primary N) is 1. The van der Waals surface area contributed by atoms with E-state index in [0.29, 0.717) is 5.17 Å². The maximum absolute atomic E-state index is 13.6. The zero-order chi connectivity index (χ0) is 20.5. The normalized spacial score (nSPS) is 11.7. The minimum atomic E-state index is -0.601. The summed E-state index contributed by atoms with van der Waals surface area (Å²) in [7, 11) is 0. The molecule has 3 aromatic carbocycles. The summed E-state index contributed by atoms with van der Waals surface area (Å²) in [6, 6.07) is 20.4. The third-order valence-electron chi connectivity index (χ3n) is 3.86. The van der Waals surface area contributed by atoms with Crippen molar-refractivity contribution < 1.29 is 13.5 Å². The highest BCUT2D eigenvalue weighted by Gasteiger charge is 2.05. The van der Waals surface area contributed by atoms with Gasteiger partial charge in [0.25, 0.3) is 0 Å². The summed E-state index contributed by atoms with van der Waals surface area (Å²) in [6.45, 7) is 0.124. The standard InChI is InChI=1S/C22H19F2N3OS/c23-19-10-11-20(24)21(12-19)28-14-17-8-6-16(7-9-17)13-26-27-22(25)29-15-18-4-2-1-3-5-18/h1-13H,14-15H2,(H2,25,27). The number of amidine groups is 1. The smallest absolute Gasteiger partial charge is 0.180 e. The molecule has 0 saturated heterocycles. The van der Waals surface area contributed by atoms with Crippen molar-refractivity contribution in [2.24, 2.45) is 15.9 Å². The summed E-state index contributed by atoms with van der Waals surface area (Å²) < 4.78 is 32.0. The van der Waals surface area contributed by atoms with Gasteiger partial charge in [0.05, 0.1) is 6.21 Å². The Morgan fingerprint density at radius 1 is 0.966 bits per heavy atom. The summed E-state index contributed by atoms with van der Waals surface area (Å²) in [5.41, 5.74) is 8.66. The van der Waals surface area contributed by atoms with Crippen molar-refractivity contribution in [2.75, 3.05) is 0 Å². The van der Waals surface area contributed by atoms with Gasteiger partial charge in [-0.3, -0.25) is 0 Å². The lowest BCUT2D eigenvalue weighted by Gasteiger charge is -2.07. The lowest BCUT2D eigenvalue weighted by atomic mass is 10.1. The molecule has 2 N–H and O–H groups in total. The summed E-state index contributed by atoms with van der Waals surface area (Å²) in [5.74, 6) is -0.536. The predicted molar refractivity (Wildman–Crippen MR) is 114 cm³/mol. The van der Waals surface area contributed by atoms with Crippen LogP contribution in [0.2, 0.25) is 0 Å². The lowest BCUT2D eigenvalue weighted by Crippen LogP contribution is -2.06. The molecule has 4 nitrogen and oxygen atoms in total. The quantitative estimate of drug-likeness (QED) is 0.333. The zero-order valence-electron chi connectivity index (χ0n) is 15.5. The molecule has 0 fully saturated rings. The molecule has 148 valence electrons. The van der Waals surface area contributed by atoms with E-state index in [9.17, 15) is 8.78 Å². The second kappa shape index (κ2) is 10.4. The first-order valence-electron chi connectivity index (χ1n) is 8.80. The van der Waals surface area contributed by atoms with Gasteiger partial charge in [0.1, 0.15) is 12.4 Å². The summed E-state index contributed by atoms with van der Waals surface area (Å²) >= 11 is 1.41. The van der Waals surface area contributed by atoms with Crippen LogP contribution in [0.1, 0.15) is 16.7 Å². The number of hydrogen-bond donors (Lipinski definition) is 1. The van der Waals surface area contributed by atoms with E-state index in [-0.39, 0.29) is 12.4 Å². The molecule has 0 unspecified atom stereocenters. The molecule has 3 rings (SSSR count). The Morgan fingerprint density at radius 2 is 1.72 bits per heavy atom. The van der Waals surface area contributed by atoms with Crippen LogP contribution in [-0.4, -0.2) is 11.4 Å². The van der Waals surface area contributed by atoms with E-state index < -0.39 is 11.6 Å². The maximum Gasteiger partial charge on any atom is 0.180 e. The average Bonchev–Trinajstić information content (AvgIpc) is 2.74. The highest BCUT2D eigenvalue weighted by atomic mass is 32.2. The zero-order valence-corrected chi connectivity index (χ0v) is 16.3. The molecule has 7 heteroatoms. The van der Waals surface area contributed by atoms with E-state index in [1.54, 1.807) is 6.21 Å². The Balaban J connectivity index is 1.49. The molecular formula is C22H19F2N3OS. The molecule has 29 heavy (non-hydrogen) atoms. The van der Waals surface area contributed by atoms with Crippen molar-refractivity contribution in [2.45, 2.75) is 12.4 Å². The first-order valence-corrected chi connectivity index (χ1v) is 9.79. The molecule has 0 bridgehead atoms. The van der Waals surface area contributed by atoms with Crippen LogP contribution < -0.4 is 10.5 Å². The van der Waals surface area contributed by atoms with Crippen LogP contribution in [0, 0.1) is 11.6 Å². The number of thioether (sulfide) groups is 1. The fraction of sp³-hybridized carbons (Fsp3) is 0.0909. The van der Waals surface area contributed by atoms with Gasteiger partial charge in [-0.05, 0) is 28.8 Å². The van der Waals surface area contributed by atoms with Gasteiger partial charge in [-0.1, -0.05) is 66.4 Å². The Hall–Kier alpha value is -3.19. The molecule has 0 saturated carbocycles. The van der Waals surface area contributed by atoms with Crippen LogP contribution >= 0.6 is 11.8 Å². The molecule has 0 atom stereocenters. The van der Waals surface area contributed by atoms with E-state index in [1.165, 1.54) is 11.8 Å².